The second kappa shape index (κ2) is 6.08. The second-order valence-electron chi connectivity index (χ2n) is 3.88. The number of primary amides is 1. The lowest BCUT2D eigenvalue weighted by Gasteiger charge is -2.06. The van der Waals surface area contributed by atoms with Gasteiger partial charge in [0.2, 0.25) is 0 Å². The van der Waals surface area contributed by atoms with Gasteiger partial charge >= 0.3 is 0 Å². The molecule has 2 amide bonds. The van der Waals surface area contributed by atoms with Crippen molar-refractivity contribution in [3.05, 3.63) is 64.7 Å². The molecule has 1 aromatic carbocycles. The smallest absolute Gasteiger partial charge is 0.291 e. The van der Waals surface area contributed by atoms with E-state index in [-0.39, 0.29) is 11.5 Å². The standard InChI is InChI=1S/C14H11ClN2O3/c15-10-5-2-1-4-9(10)8-11(13(16)18)17-14(19)12-6-3-7-20-12/h1-8H,(H2,16,18)(H,17,19)/b11-8+. The van der Waals surface area contributed by atoms with Crippen LogP contribution in [-0.4, -0.2) is 11.8 Å². The van der Waals surface area contributed by atoms with E-state index in [4.69, 9.17) is 21.8 Å². The molecule has 0 saturated heterocycles. The lowest BCUT2D eigenvalue weighted by Crippen LogP contribution is -2.30. The molecule has 0 aliphatic rings. The Bertz CT molecular complexity index is 663. The number of rotatable bonds is 4. The number of furan rings is 1. The van der Waals surface area contributed by atoms with Crippen molar-refractivity contribution in [2.24, 2.45) is 5.73 Å². The molecule has 0 aliphatic heterocycles. The maximum absolute atomic E-state index is 11.8. The monoisotopic (exact) mass is 290 g/mol. The Morgan fingerprint density at radius 2 is 1.95 bits per heavy atom. The van der Waals surface area contributed by atoms with Gasteiger partial charge in [-0.2, -0.15) is 0 Å². The topological polar surface area (TPSA) is 85.3 Å². The second-order valence-corrected chi connectivity index (χ2v) is 4.28. The molecule has 0 saturated carbocycles. The van der Waals surface area contributed by atoms with Crippen molar-refractivity contribution in [3.8, 4) is 0 Å². The van der Waals surface area contributed by atoms with Crippen molar-refractivity contribution < 1.29 is 14.0 Å². The molecule has 2 aromatic rings. The van der Waals surface area contributed by atoms with Gasteiger partial charge in [-0.3, -0.25) is 9.59 Å². The van der Waals surface area contributed by atoms with Gasteiger partial charge in [-0.05, 0) is 29.8 Å². The van der Waals surface area contributed by atoms with E-state index in [0.29, 0.717) is 10.6 Å². The van der Waals surface area contributed by atoms with Gasteiger partial charge in [0, 0.05) is 5.02 Å². The predicted molar refractivity (Wildman–Crippen MR) is 74.8 cm³/mol. The van der Waals surface area contributed by atoms with Gasteiger partial charge in [0.1, 0.15) is 5.70 Å². The molecular weight excluding hydrogens is 280 g/mol. The average Bonchev–Trinajstić information content (AvgIpc) is 2.94. The van der Waals surface area contributed by atoms with E-state index >= 15 is 0 Å². The number of carbonyl (C=O) groups excluding carboxylic acids is 2. The molecule has 0 atom stereocenters. The third-order valence-electron chi connectivity index (χ3n) is 2.46. The molecule has 102 valence electrons. The molecule has 0 bridgehead atoms. The van der Waals surface area contributed by atoms with E-state index in [0.717, 1.165) is 0 Å². The predicted octanol–water partition coefficient (Wildman–Crippen LogP) is 2.19. The first-order valence-corrected chi connectivity index (χ1v) is 6.06. The third kappa shape index (κ3) is 3.27. The van der Waals surface area contributed by atoms with E-state index in [1.807, 2.05) is 0 Å². The maximum Gasteiger partial charge on any atom is 0.291 e. The summed E-state index contributed by atoms with van der Waals surface area (Å²) in [6, 6.07) is 9.92. The van der Waals surface area contributed by atoms with Crippen molar-refractivity contribution in [1.29, 1.82) is 0 Å². The number of benzene rings is 1. The summed E-state index contributed by atoms with van der Waals surface area (Å²) >= 11 is 5.98. The Morgan fingerprint density at radius 3 is 2.55 bits per heavy atom. The summed E-state index contributed by atoms with van der Waals surface area (Å²) in [5.74, 6) is -1.26. The molecule has 0 radical (unpaired) electrons. The summed E-state index contributed by atoms with van der Waals surface area (Å²) in [6.07, 6.45) is 2.77. The average molecular weight is 291 g/mol. The quantitative estimate of drug-likeness (QED) is 0.846. The normalized spacial score (nSPS) is 11.2. The highest BCUT2D eigenvalue weighted by molar-refractivity contribution is 6.32. The van der Waals surface area contributed by atoms with Crippen molar-refractivity contribution in [3.63, 3.8) is 0 Å². The molecule has 0 spiro atoms. The molecule has 5 nitrogen and oxygen atoms in total. The molecule has 2 rings (SSSR count). The molecule has 3 N–H and O–H groups in total. The molecule has 20 heavy (non-hydrogen) atoms. The van der Waals surface area contributed by atoms with E-state index < -0.39 is 11.8 Å². The van der Waals surface area contributed by atoms with Crippen LogP contribution in [0.2, 0.25) is 5.02 Å². The highest BCUT2D eigenvalue weighted by atomic mass is 35.5. The first kappa shape index (κ1) is 13.9. The number of nitrogens with two attached hydrogens (primary N) is 1. The summed E-state index contributed by atoms with van der Waals surface area (Å²) in [5.41, 5.74) is 5.74. The Kier molecular flexibility index (Phi) is 4.22. The lowest BCUT2D eigenvalue weighted by molar-refractivity contribution is -0.114. The summed E-state index contributed by atoms with van der Waals surface area (Å²) < 4.78 is 4.93. The van der Waals surface area contributed by atoms with Gasteiger partial charge in [-0.15, -0.1) is 0 Å². The zero-order valence-electron chi connectivity index (χ0n) is 10.3. The third-order valence-corrected chi connectivity index (χ3v) is 2.81. The van der Waals surface area contributed by atoms with Gasteiger partial charge in [0.05, 0.1) is 6.26 Å². The Morgan fingerprint density at radius 1 is 1.20 bits per heavy atom. The fourth-order valence-electron chi connectivity index (χ4n) is 1.51. The Balaban J connectivity index is 2.26. The summed E-state index contributed by atoms with van der Waals surface area (Å²) in [7, 11) is 0. The Hall–Kier alpha value is -2.53. The van der Waals surface area contributed by atoms with Crippen LogP contribution in [0.3, 0.4) is 0 Å². The van der Waals surface area contributed by atoms with E-state index in [1.165, 1.54) is 18.4 Å². The lowest BCUT2D eigenvalue weighted by atomic mass is 10.2. The summed E-state index contributed by atoms with van der Waals surface area (Å²) in [4.78, 5) is 23.2. The number of hydrogen-bond acceptors (Lipinski definition) is 3. The zero-order valence-corrected chi connectivity index (χ0v) is 11.1. The van der Waals surface area contributed by atoms with Crippen LogP contribution in [0, 0.1) is 0 Å². The van der Waals surface area contributed by atoms with Crippen molar-refractivity contribution in [2.75, 3.05) is 0 Å². The SMILES string of the molecule is NC(=O)/C(=C\c1ccccc1Cl)NC(=O)c1ccco1. The van der Waals surface area contributed by atoms with E-state index in [2.05, 4.69) is 5.32 Å². The van der Waals surface area contributed by atoms with Gasteiger partial charge in [-0.1, -0.05) is 29.8 Å². The minimum atomic E-state index is -0.773. The number of nitrogens with one attached hydrogen (secondary N) is 1. The zero-order chi connectivity index (χ0) is 14.5. The highest BCUT2D eigenvalue weighted by Crippen LogP contribution is 2.17. The van der Waals surface area contributed by atoms with Crippen LogP contribution in [0.1, 0.15) is 16.1 Å². The summed E-state index contributed by atoms with van der Waals surface area (Å²) in [6.45, 7) is 0. The molecular formula is C14H11ClN2O3. The number of hydrogen-bond donors (Lipinski definition) is 2. The minimum Gasteiger partial charge on any atom is -0.459 e. The van der Waals surface area contributed by atoms with E-state index in [9.17, 15) is 9.59 Å². The van der Waals surface area contributed by atoms with Crippen molar-refractivity contribution in [2.45, 2.75) is 0 Å². The Labute approximate surface area is 120 Å². The van der Waals surface area contributed by atoms with Crippen LogP contribution in [0.25, 0.3) is 6.08 Å². The van der Waals surface area contributed by atoms with Crippen LogP contribution in [0.15, 0.2) is 52.8 Å². The molecule has 6 heteroatoms. The largest absolute Gasteiger partial charge is 0.459 e. The van der Waals surface area contributed by atoms with Gasteiger partial charge in [0.25, 0.3) is 11.8 Å². The molecule has 0 fully saturated rings. The highest BCUT2D eigenvalue weighted by Gasteiger charge is 2.14. The molecule has 0 unspecified atom stereocenters. The first-order chi connectivity index (χ1) is 9.58. The summed E-state index contributed by atoms with van der Waals surface area (Å²) in [5, 5.41) is 2.83. The van der Waals surface area contributed by atoms with Gasteiger partial charge in [-0.25, -0.2) is 0 Å². The first-order valence-electron chi connectivity index (χ1n) is 5.69. The fraction of sp³-hybridized carbons (Fsp3) is 0. The van der Waals surface area contributed by atoms with Gasteiger partial charge in [0.15, 0.2) is 5.76 Å². The van der Waals surface area contributed by atoms with Crippen LogP contribution in [0.5, 0.6) is 0 Å². The van der Waals surface area contributed by atoms with Crippen molar-refractivity contribution >= 4 is 29.5 Å². The van der Waals surface area contributed by atoms with Crippen LogP contribution >= 0.6 is 11.6 Å². The number of carbonyl (C=O) groups is 2. The number of amides is 2. The van der Waals surface area contributed by atoms with Crippen LogP contribution in [0.4, 0.5) is 0 Å². The van der Waals surface area contributed by atoms with E-state index in [1.54, 1.807) is 30.3 Å². The number of halogens is 1. The van der Waals surface area contributed by atoms with Gasteiger partial charge < -0.3 is 15.5 Å². The fourth-order valence-corrected chi connectivity index (χ4v) is 1.70. The maximum atomic E-state index is 11.8. The van der Waals surface area contributed by atoms with Crippen LogP contribution < -0.4 is 11.1 Å². The van der Waals surface area contributed by atoms with Crippen molar-refractivity contribution in [1.82, 2.24) is 5.32 Å². The molecule has 1 heterocycles. The van der Waals surface area contributed by atoms with Crippen LogP contribution in [-0.2, 0) is 4.79 Å². The molecule has 1 aromatic heterocycles. The molecule has 0 aliphatic carbocycles. The minimum absolute atomic E-state index is 0.0699.